The second kappa shape index (κ2) is 11.7. The summed E-state index contributed by atoms with van der Waals surface area (Å²) in [6, 6.07) is 32.0. The molecule has 1 atom stereocenters. The van der Waals surface area contributed by atoms with Crippen molar-refractivity contribution >= 4 is 29.0 Å². The number of nitrogens with zero attached hydrogens (tertiary/aromatic N) is 6. The van der Waals surface area contributed by atoms with Crippen LogP contribution in [0.5, 0.6) is 5.75 Å². The number of anilines is 2. The lowest BCUT2D eigenvalue weighted by molar-refractivity contribution is 0.112. The zero-order valence-electron chi connectivity index (χ0n) is 26.0. The largest absolute Gasteiger partial charge is 0.507 e. The lowest BCUT2D eigenvalue weighted by Crippen LogP contribution is -2.30. The van der Waals surface area contributed by atoms with Gasteiger partial charge in [-0.05, 0) is 73.5 Å². The van der Waals surface area contributed by atoms with Crippen LogP contribution in [0.4, 0.5) is 11.5 Å². The predicted octanol–water partition coefficient (Wildman–Crippen LogP) is 6.35. The summed E-state index contributed by atoms with van der Waals surface area (Å²) in [7, 11) is 0. The molecule has 8 rings (SSSR count). The number of fused-ring (bicyclic) bond motifs is 1. The van der Waals surface area contributed by atoms with Gasteiger partial charge in [0.05, 0.1) is 16.8 Å². The van der Waals surface area contributed by atoms with Crippen LogP contribution in [0.3, 0.4) is 0 Å². The molecule has 6 aromatic rings. The van der Waals surface area contributed by atoms with Gasteiger partial charge in [0.25, 0.3) is 0 Å². The van der Waals surface area contributed by atoms with Gasteiger partial charge in [-0.15, -0.1) is 0 Å². The molecular weight excluding hydrogens is 586 g/mol. The number of nitrogens with two attached hydrogens (primary N) is 1. The fourth-order valence-electron chi connectivity index (χ4n) is 7.25. The Bertz CT molecular complexity index is 2090. The summed E-state index contributed by atoms with van der Waals surface area (Å²) < 4.78 is 2.08. The number of carbonyl (C=O) groups is 1. The molecule has 2 aliphatic rings. The summed E-state index contributed by atoms with van der Waals surface area (Å²) in [4.78, 5) is 30.4. The van der Waals surface area contributed by atoms with Crippen LogP contribution >= 0.6 is 0 Å². The molecule has 3 aromatic carbocycles. The molecule has 0 saturated carbocycles. The van der Waals surface area contributed by atoms with Gasteiger partial charge in [0.15, 0.2) is 17.8 Å². The van der Waals surface area contributed by atoms with E-state index >= 15 is 0 Å². The third kappa shape index (κ3) is 5.38. The number of phenolic OH excluding ortho intramolecular Hbond substituents is 1. The van der Waals surface area contributed by atoms with Crippen molar-refractivity contribution < 1.29 is 9.90 Å². The second-order valence-corrected chi connectivity index (χ2v) is 12.8. The topological polar surface area (TPSA) is 113 Å². The highest BCUT2D eigenvalue weighted by molar-refractivity contribution is 5.84. The molecule has 3 N–H and O–H groups in total. The molecule has 9 heteroatoms. The second-order valence-electron chi connectivity index (χ2n) is 12.8. The molecule has 0 amide bonds. The summed E-state index contributed by atoms with van der Waals surface area (Å²) in [5.74, 6) is 1.17. The normalized spacial score (nSPS) is 18.0. The Morgan fingerprint density at radius 2 is 1.66 bits per heavy atom. The van der Waals surface area contributed by atoms with E-state index in [0.717, 1.165) is 84.9 Å². The van der Waals surface area contributed by atoms with Crippen LogP contribution in [-0.4, -0.2) is 62.0 Å². The highest BCUT2D eigenvalue weighted by atomic mass is 16.3. The molecule has 2 saturated heterocycles. The maximum Gasteiger partial charge on any atom is 0.165 e. The number of benzene rings is 3. The maximum absolute atomic E-state index is 11.1. The predicted molar refractivity (Wildman–Crippen MR) is 185 cm³/mol. The molecule has 234 valence electrons. The van der Waals surface area contributed by atoms with Crippen LogP contribution in [-0.2, 0) is 6.54 Å². The number of likely N-dealkylation sites (tertiary alicyclic amines) is 1. The van der Waals surface area contributed by atoms with E-state index in [0.29, 0.717) is 23.5 Å². The van der Waals surface area contributed by atoms with E-state index in [4.69, 9.17) is 15.7 Å². The summed E-state index contributed by atoms with van der Waals surface area (Å²) in [6.07, 6.45) is 4.64. The van der Waals surface area contributed by atoms with Crippen LogP contribution in [0.1, 0.15) is 28.8 Å². The molecule has 0 aliphatic carbocycles. The highest BCUT2D eigenvalue weighted by Crippen LogP contribution is 2.42. The van der Waals surface area contributed by atoms with E-state index < -0.39 is 0 Å². The number of nitrogen functional groups attached to an aromatic ring is 1. The Hall–Kier alpha value is -5.54. The van der Waals surface area contributed by atoms with Crippen molar-refractivity contribution in [3.63, 3.8) is 0 Å². The number of aldehydes is 1. The lowest BCUT2D eigenvalue weighted by Gasteiger charge is -2.26. The Labute approximate surface area is 273 Å². The average Bonchev–Trinajstić information content (AvgIpc) is 3.82. The van der Waals surface area contributed by atoms with Gasteiger partial charge in [-0.25, -0.2) is 15.0 Å². The van der Waals surface area contributed by atoms with Crippen molar-refractivity contribution in [2.75, 3.05) is 36.8 Å². The van der Waals surface area contributed by atoms with Crippen molar-refractivity contribution in [2.45, 2.75) is 19.4 Å². The number of aromatic nitrogens is 4. The number of hydrogen-bond acceptors (Lipinski definition) is 8. The lowest BCUT2D eigenvalue weighted by atomic mass is 9.86. The van der Waals surface area contributed by atoms with Crippen molar-refractivity contribution in [1.82, 2.24) is 24.4 Å². The van der Waals surface area contributed by atoms with Gasteiger partial charge in [0, 0.05) is 60.8 Å². The van der Waals surface area contributed by atoms with E-state index in [1.165, 1.54) is 5.56 Å². The Morgan fingerprint density at radius 1 is 0.851 bits per heavy atom. The Balaban J connectivity index is 1.05. The van der Waals surface area contributed by atoms with Crippen molar-refractivity contribution in [3.05, 3.63) is 114 Å². The first-order valence-corrected chi connectivity index (χ1v) is 16.0. The van der Waals surface area contributed by atoms with E-state index in [1.807, 2.05) is 48.5 Å². The monoisotopic (exact) mass is 621 g/mol. The molecule has 0 radical (unpaired) electrons. The smallest absolute Gasteiger partial charge is 0.165 e. The molecule has 0 unspecified atom stereocenters. The highest BCUT2D eigenvalue weighted by Gasteiger charge is 2.43. The Morgan fingerprint density at radius 3 is 2.45 bits per heavy atom. The number of aromatic hydroxyl groups is 1. The van der Waals surface area contributed by atoms with E-state index in [-0.39, 0.29) is 11.2 Å². The van der Waals surface area contributed by atoms with Gasteiger partial charge in [0.1, 0.15) is 17.1 Å². The molecule has 47 heavy (non-hydrogen) atoms. The first-order chi connectivity index (χ1) is 23.0. The van der Waals surface area contributed by atoms with E-state index in [1.54, 1.807) is 18.3 Å². The van der Waals surface area contributed by atoms with Crippen LogP contribution in [0, 0.1) is 5.41 Å². The van der Waals surface area contributed by atoms with Crippen LogP contribution in [0.25, 0.3) is 39.5 Å². The third-order valence-corrected chi connectivity index (χ3v) is 9.72. The summed E-state index contributed by atoms with van der Waals surface area (Å²) in [6.45, 7) is 4.86. The maximum atomic E-state index is 11.1. The standard InChI is InChI=1S/C38H35N7O2/c39-35-31(7-4-18-40-35)36-42-33-15-14-32(27-5-2-1-3-6-27)41-37(33)45(36)29-11-8-26(9-12-29)22-43-19-16-38(24-43)17-20-44(25-38)30-13-10-28(23-46)34(47)21-30/h1-15,18,21,23,47H,16-17,19-20,22,24-25H2,(H2,39,40)/t38-/m1/s1. The molecule has 2 aliphatic heterocycles. The fourth-order valence-corrected chi connectivity index (χ4v) is 7.25. The van der Waals surface area contributed by atoms with Gasteiger partial charge in [0.2, 0.25) is 0 Å². The van der Waals surface area contributed by atoms with Crippen molar-refractivity contribution in [1.29, 1.82) is 0 Å². The van der Waals surface area contributed by atoms with Gasteiger partial charge in [-0.1, -0.05) is 42.5 Å². The minimum Gasteiger partial charge on any atom is -0.507 e. The number of carbonyl (C=O) groups excluding carboxylic acids is 1. The molecule has 1 spiro atoms. The van der Waals surface area contributed by atoms with Gasteiger partial charge in [-0.3, -0.25) is 14.3 Å². The first-order valence-electron chi connectivity index (χ1n) is 16.0. The van der Waals surface area contributed by atoms with Crippen molar-refractivity contribution in [2.24, 2.45) is 5.41 Å². The van der Waals surface area contributed by atoms with Gasteiger partial charge >= 0.3 is 0 Å². The summed E-state index contributed by atoms with van der Waals surface area (Å²) in [5, 5.41) is 10.2. The number of rotatable bonds is 7. The first kappa shape index (κ1) is 28.9. The molecular formula is C38H35N7O2. The summed E-state index contributed by atoms with van der Waals surface area (Å²) in [5.41, 5.74) is 14.3. The SMILES string of the molecule is Nc1ncccc1-c1nc2ccc(-c3ccccc3)nc2n1-c1ccc(CN2CC[C@@]3(CCN(c4ccc(C=O)c(O)c4)C3)C2)cc1. The zero-order valence-corrected chi connectivity index (χ0v) is 26.0. The molecule has 5 heterocycles. The van der Waals surface area contributed by atoms with Crippen LogP contribution in [0.15, 0.2) is 103 Å². The minimum absolute atomic E-state index is 0.0436. The number of phenols is 1. The molecule has 9 nitrogen and oxygen atoms in total. The van der Waals surface area contributed by atoms with Crippen molar-refractivity contribution in [3.8, 4) is 34.1 Å². The molecule has 2 fully saturated rings. The number of imidazole rings is 1. The third-order valence-electron chi connectivity index (χ3n) is 9.72. The minimum atomic E-state index is 0.0436. The van der Waals surface area contributed by atoms with Crippen LogP contribution in [0.2, 0.25) is 0 Å². The molecule has 0 bridgehead atoms. The number of hydrogen-bond donors (Lipinski definition) is 2. The summed E-state index contributed by atoms with van der Waals surface area (Å²) >= 11 is 0. The average molecular weight is 622 g/mol. The van der Waals surface area contributed by atoms with Crippen LogP contribution < -0.4 is 10.6 Å². The van der Waals surface area contributed by atoms with E-state index in [9.17, 15) is 9.90 Å². The zero-order chi connectivity index (χ0) is 32.0. The molecule has 3 aromatic heterocycles. The quantitative estimate of drug-likeness (QED) is 0.198. The fraction of sp³-hybridized carbons (Fsp3) is 0.211. The number of pyridine rings is 2. The van der Waals surface area contributed by atoms with Gasteiger partial charge < -0.3 is 15.7 Å². The Kier molecular flexibility index (Phi) is 7.18. The van der Waals surface area contributed by atoms with E-state index in [2.05, 4.69) is 55.7 Å². The van der Waals surface area contributed by atoms with Gasteiger partial charge in [-0.2, -0.15) is 0 Å².